The van der Waals surface area contributed by atoms with Crippen molar-refractivity contribution in [3.05, 3.63) is 0 Å². The van der Waals surface area contributed by atoms with E-state index in [0.717, 1.165) is 32.1 Å². The summed E-state index contributed by atoms with van der Waals surface area (Å²) in [5, 5.41) is 3.14. The van der Waals surface area contributed by atoms with E-state index in [1.807, 2.05) is 13.8 Å². The van der Waals surface area contributed by atoms with Gasteiger partial charge in [-0.25, -0.2) is 0 Å². The van der Waals surface area contributed by atoms with Gasteiger partial charge < -0.3 is 11.1 Å². The van der Waals surface area contributed by atoms with Crippen molar-refractivity contribution in [2.45, 2.75) is 65.8 Å². The second-order valence-corrected chi connectivity index (χ2v) is 4.56. The first-order valence-electron chi connectivity index (χ1n) is 6.61. The van der Waals surface area contributed by atoms with Gasteiger partial charge in [0.2, 0.25) is 5.91 Å². The largest absolute Gasteiger partial charge is 0.353 e. The molecule has 3 heteroatoms. The standard InChI is InChI=1S/C13H28N2O/c1-5-9-11(6-2)15-12(16)13(7-3,8-4)10-14/h11H,5-10,14H2,1-4H3,(H,15,16). The van der Waals surface area contributed by atoms with Crippen LogP contribution >= 0.6 is 0 Å². The lowest BCUT2D eigenvalue weighted by atomic mass is 9.81. The summed E-state index contributed by atoms with van der Waals surface area (Å²) < 4.78 is 0. The number of rotatable bonds is 8. The third-order valence-corrected chi connectivity index (χ3v) is 3.69. The van der Waals surface area contributed by atoms with E-state index < -0.39 is 0 Å². The molecule has 0 saturated heterocycles. The highest BCUT2D eigenvalue weighted by molar-refractivity contribution is 5.83. The molecule has 0 aliphatic rings. The van der Waals surface area contributed by atoms with E-state index in [0.29, 0.717) is 12.6 Å². The number of nitrogens with two attached hydrogens (primary N) is 1. The van der Waals surface area contributed by atoms with Crippen LogP contribution in [0, 0.1) is 5.41 Å². The molecule has 1 amide bonds. The van der Waals surface area contributed by atoms with Gasteiger partial charge in [0.05, 0.1) is 5.41 Å². The molecule has 3 N–H and O–H groups in total. The van der Waals surface area contributed by atoms with Crippen LogP contribution in [0.4, 0.5) is 0 Å². The maximum absolute atomic E-state index is 12.2. The quantitative estimate of drug-likeness (QED) is 0.670. The summed E-state index contributed by atoms with van der Waals surface area (Å²) in [5.74, 6) is 0.139. The van der Waals surface area contributed by atoms with Gasteiger partial charge in [0, 0.05) is 12.6 Å². The lowest BCUT2D eigenvalue weighted by molar-refractivity contribution is -0.131. The topological polar surface area (TPSA) is 55.1 Å². The van der Waals surface area contributed by atoms with Gasteiger partial charge in [-0.1, -0.05) is 34.1 Å². The molecule has 0 aliphatic carbocycles. The van der Waals surface area contributed by atoms with E-state index in [2.05, 4.69) is 19.2 Å². The molecule has 96 valence electrons. The first-order valence-corrected chi connectivity index (χ1v) is 6.61. The van der Waals surface area contributed by atoms with Crippen molar-refractivity contribution in [2.75, 3.05) is 6.54 Å². The summed E-state index contributed by atoms with van der Waals surface area (Å²) in [6.07, 6.45) is 4.78. The molecule has 0 fully saturated rings. The van der Waals surface area contributed by atoms with Crippen LogP contribution < -0.4 is 11.1 Å². The Kier molecular flexibility index (Phi) is 7.39. The minimum atomic E-state index is -0.360. The minimum Gasteiger partial charge on any atom is -0.353 e. The zero-order valence-electron chi connectivity index (χ0n) is 11.3. The van der Waals surface area contributed by atoms with Crippen molar-refractivity contribution in [2.24, 2.45) is 11.1 Å². The zero-order chi connectivity index (χ0) is 12.6. The first-order chi connectivity index (χ1) is 7.60. The molecule has 3 nitrogen and oxygen atoms in total. The number of hydrogen-bond donors (Lipinski definition) is 2. The fourth-order valence-electron chi connectivity index (χ4n) is 2.02. The van der Waals surface area contributed by atoms with Gasteiger partial charge in [0.1, 0.15) is 0 Å². The Morgan fingerprint density at radius 2 is 1.81 bits per heavy atom. The highest BCUT2D eigenvalue weighted by atomic mass is 16.2. The molecule has 1 unspecified atom stereocenters. The highest BCUT2D eigenvalue weighted by Gasteiger charge is 2.33. The van der Waals surface area contributed by atoms with Crippen LogP contribution in [0.5, 0.6) is 0 Å². The molecule has 1 atom stereocenters. The van der Waals surface area contributed by atoms with Gasteiger partial charge in [-0.15, -0.1) is 0 Å². The minimum absolute atomic E-state index is 0.139. The van der Waals surface area contributed by atoms with Crippen LogP contribution in [0.25, 0.3) is 0 Å². The smallest absolute Gasteiger partial charge is 0.227 e. The molecule has 0 heterocycles. The summed E-state index contributed by atoms with van der Waals surface area (Å²) >= 11 is 0. The highest BCUT2D eigenvalue weighted by Crippen LogP contribution is 2.25. The van der Waals surface area contributed by atoms with Gasteiger partial charge in [-0.3, -0.25) is 4.79 Å². The van der Waals surface area contributed by atoms with Crippen molar-refractivity contribution in [1.29, 1.82) is 0 Å². The summed E-state index contributed by atoms with van der Waals surface area (Å²) in [7, 11) is 0. The van der Waals surface area contributed by atoms with E-state index in [1.165, 1.54) is 0 Å². The van der Waals surface area contributed by atoms with E-state index in [1.54, 1.807) is 0 Å². The SMILES string of the molecule is CCCC(CC)NC(=O)C(CC)(CC)CN. The van der Waals surface area contributed by atoms with Crippen LogP contribution in [-0.2, 0) is 4.79 Å². The van der Waals surface area contributed by atoms with E-state index in [-0.39, 0.29) is 11.3 Å². The fourth-order valence-corrected chi connectivity index (χ4v) is 2.02. The predicted octanol–water partition coefficient (Wildman–Crippen LogP) is 2.45. The van der Waals surface area contributed by atoms with Gasteiger partial charge in [0.15, 0.2) is 0 Å². The third-order valence-electron chi connectivity index (χ3n) is 3.69. The van der Waals surface area contributed by atoms with Crippen molar-refractivity contribution in [3.8, 4) is 0 Å². The lowest BCUT2D eigenvalue weighted by Gasteiger charge is -2.31. The van der Waals surface area contributed by atoms with Crippen LogP contribution in [0.1, 0.15) is 59.8 Å². The molecule has 0 aromatic carbocycles. The number of carbonyl (C=O) groups excluding carboxylic acids is 1. The van der Waals surface area contributed by atoms with Crippen LogP contribution in [-0.4, -0.2) is 18.5 Å². The van der Waals surface area contributed by atoms with Gasteiger partial charge in [-0.05, 0) is 25.7 Å². The average molecular weight is 228 g/mol. The summed E-state index contributed by atoms with van der Waals surface area (Å²) in [4.78, 5) is 12.2. The van der Waals surface area contributed by atoms with Crippen LogP contribution in [0.15, 0.2) is 0 Å². The molecule has 0 bridgehead atoms. The maximum Gasteiger partial charge on any atom is 0.227 e. The Balaban J connectivity index is 4.50. The third kappa shape index (κ3) is 3.78. The van der Waals surface area contributed by atoms with Crippen molar-refractivity contribution in [1.82, 2.24) is 5.32 Å². The Labute approximate surface area is 100 Å². The fraction of sp³-hybridized carbons (Fsp3) is 0.923. The second kappa shape index (κ2) is 7.66. The summed E-state index contributed by atoms with van der Waals surface area (Å²) in [5.41, 5.74) is 5.40. The summed E-state index contributed by atoms with van der Waals surface area (Å²) in [6, 6.07) is 0.307. The molecular weight excluding hydrogens is 200 g/mol. The molecule has 0 aromatic rings. The van der Waals surface area contributed by atoms with Crippen molar-refractivity contribution < 1.29 is 4.79 Å². The molecule has 0 spiro atoms. The van der Waals surface area contributed by atoms with Crippen molar-refractivity contribution in [3.63, 3.8) is 0 Å². The number of nitrogens with one attached hydrogen (secondary N) is 1. The lowest BCUT2D eigenvalue weighted by Crippen LogP contribution is -2.48. The molecule has 16 heavy (non-hydrogen) atoms. The number of hydrogen-bond acceptors (Lipinski definition) is 2. The Bertz CT molecular complexity index is 192. The molecule has 0 aliphatic heterocycles. The second-order valence-electron chi connectivity index (χ2n) is 4.56. The Morgan fingerprint density at radius 3 is 2.12 bits per heavy atom. The molecule has 0 rings (SSSR count). The van der Waals surface area contributed by atoms with Gasteiger partial charge in [0.25, 0.3) is 0 Å². The maximum atomic E-state index is 12.2. The zero-order valence-corrected chi connectivity index (χ0v) is 11.3. The van der Waals surface area contributed by atoms with E-state index >= 15 is 0 Å². The van der Waals surface area contributed by atoms with Gasteiger partial charge in [-0.2, -0.15) is 0 Å². The van der Waals surface area contributed by atoms with Crippen LogP contribution in [0.2, 0.25) is 0 Å². The van der Waals surface area contributed by atoms with E-state index in [9.17, 15) is 4.79 Å². The number of carbonyl (C=O) groups is 1. The van der Waals surface area contributed by atoms with Crippen molar-refractivity contribution >= 4 is 5.91 Å². The molecular formula is C13H28N2O. The molecule has 0 aromatic heterocycles. The monoisotopic (exact) mass is 228 g/mol. The van der Waals surface area contributed by atoms with Crippen LogP contribution in [0.3, 0.4) is 0 Å². The Morgan fingerprint density at radius 1 is 1.25 bits per heavy atom. The summed E-state index contributed by atoms with van der Waals surface area (Å²) in [6.45, 7) is 8.77. The van der Waals surface area contributed by atoms with E-state index in [4.69, 9.17) is 5.73 Å². The molecule has 0 radical (unpaired) electrons. The molecule has 0 saturated carbocycles. The Hall–Kier alpha value is -0.570. The first kappa shape index (κ1) is 15.4. The van der Waals surface area contributed by atoms with Gasteiger partial charge >= 0.3 is 0 Å². The number of amides is 1. The average Bonchev–Trinajstić information content (AvgIpc) is 2.31. The normalized spacial score (nSPS) is 13.6. The predicted molar refractivity (Wildman–Crippen MR) is 69.2 cm³/mol.